The van der Waals surface area contributed by atoms with Crippen LogP contribution in [0.2, 0.25) is 0 Å². The van der Waals surface area contributed by atoms with Gasteiger partial charge in [0.1, 0.15) is 5.82 Å². The number of anilines is 1. The van der Waals surface area contributed by atoms with E-state index in [-0.39, 0.29) is 24.2 Å². The molecule has 0 aliphatic rings. The van der Waals surface area contributed by atoms with Gasteiger partial charge in [0.15, 0.2) is 5.78 Å². The maximum Gasteiger partial charge on any atom is 0.227 e. The van der Waals surface area contributed by atoms with E-state index in [0.717, 1.165) is 11.3 Å². The SMILES string of the molecule is CC(=O)c1c(C)nn(CCC(=O)Nc2ccnn2C(C)c2ccccc2)c1C. The van der Waals surface area contributed by atoms with Crippen molar-refractivity contribution < 1.29 is 9.59 Å². The van der Waals surface area contributed by atoms with Gasteiger partial charge in [0.25, 0.3) is 0 Å². The number of Topliss-reactive ketones (excluding diaryl/α,β-unsaturated/α-hetero) is 1. The van der Waals surface area contributed by atoms with E-state index in [1.807, 2.05) is 51.1 Å². The number of carbonyl (C=O) groups is 2. The fraction of sp³-hybridized carbons (Fsp3) is 0.333. The van der Waals surface area contributed by atoms with Gasteiger partial charge < -0.3 is 5.32 Å². The highest BCUT2D eigenvalue weighted by atomic mass is 16.1. The van der Waals surface area contributed by atoms with E-state index >= 15 is 0 Å². The summed E-state index contributed by atoms with van der Waals surface area (Å²) < 4.78 is 3.51. The first-order valence-corrected chi connectivity index (χ1v) is 9.31. The highest BCUT2D eigenvalue weighted by Crippen LogP contribution is 2.21. The summed E-state index contributed by atoms with van der Waals surface area (Å²) in [5.41, 5.74) is 3.23. The molecule has 0 fully saturated rings. The number of ketones is 1. The molecule has 7 heteroatoms. The fourth-order valence-corrected chi connectivity index (χ4v) is 3.43. The Morgan fingerprint density at radius 1 is 1.14 bits per heavy atom. The highest BCUT2D eigenvalue weighted by molar-refractivity contribution is 5.96. The van der Waals surface area contributed by atoms with Crippen LogP contribution in [-0.2, 0) is 11.3 Å². The van der Waals surface area contributed by atoms with Crippen LogP contribution in [0.25, 0.3) is 0 Å². The molecule has 3 rings (SSSR count). The van der Waals surface area contributed by atoms with Crippen LogP contribution in [0.3, 0.4) is 0 Å². The number of nitrogens with zero attached hydrogens (tertiary/aromatic N) is 4. The van der Waals surface area contributed by atoms with E-state index in [9.17, 15) is 9.59 Å². The molecule has 3 aromatic rings. The molecule has 0 aliphatic carbocycles. The minimum Gasteiger partial charge on any atom is -0.311 e. The number of benzene rings is 1. The molecule has 2 heterocycles. The summed E-state index contributed by atoms with van der Waals surface area (Å²) in [5, 5.41) is 11.7. The zero-order valence-electron chi connectivity index (χ0n) is 16.6. The standard InChI is InChI=1S/C21H25N5O2/c1-14-21(17(4)27)16(3)25(24-14)13-11-20(28)23-19-10-12-22-26(19)15(2)18-8-6-5-7-9-18/h5-10,12,15H,11,13H2,1-4H3,(H,23,28). The maximum absolute atomic E-state index is 12.5. The predicted octanol–water partition coefficient (Wildman–Crippen LogP) is 3.54. The van der Waals surface area contributed by atoms with Crippen LogP contribution in [0.15, 0.2) is 42.6 Å². The molecule has 0 saturated heterocycles. The summed E-state index contributed by atoms with van der Waals surface area (Å²) >= 11 is 0. The number of rotatable bonds is 7. The summed E-state index contributed by atoms with van der Waals surface area (Å²) in [6, 6.07) is 11.8. The molecule has 0 aliphatic heterocycles. The van der Waals surface area contributed by atoms with Gasteiger partial charge in [-0.2, -0.15) is 10.2 Å². The van der Waals surface area contributed by atoms with Gasteiger partial charge in [-0.05, 0) is 33.3 Å². The van der Waals surface area contributed by atoms with Crippen molar-refractivity contribution in [3.8, 4) is 0 Å². The van der Waals surface area contributed by atoms with Crippen molar-refractivity contribution in [3.05, 3.63) is 65.1 Å². The Hall–Kier alpha value is -3.22. The van der Waals surface area contributed by atoms with Gasteiger partial charge in [-0.1, -0.05) is 30.3 Å². The Balaban J connectivity index is 1.66. The molecule has 0 saturated carbocycles. The molecule has 7 nitrogen and oxygen atoms in total. The van der Waals surface area contributed by atoms with Gasteiger partial charge in [-0.3, -0.25) is 14.3 Å². The van der Waals surface area contributed by atoms with Crippen LogP contribution in [0.4, 0.5) is 5.82 Å². The van der Waals surface area contributed by atoms with E-state index in [4.69, 9.17) is 0 Å². The summed E-state index contributed by atoms with van der Waals surface area (Å²) in [6.45, 7) is 7.64. The molecular weight excluding hydrogens is 354 g/mol. The Bertz CT molecular complexity index is 988. The van der Waals surface area contributed by atoms with Crippen LogP contribution >= 0.6 is 0 Å². The largest absolute Gasteiger partial charge is 0.311 e. The number of aromatic nitrogens is 4. The molecule has 0 radical (unpaired) electrons. The zero-order chi connectivity index (χ0) is 20.3. The average Bonchev–Trinajstić information content (AvgIpc) is 3.23. The predicted molar refractivity (Wildman–Crippen MR) is 107 cm³/mol. The van der Waals surface area contributed by atoms with Crippen molar-refractivity contribution in [2.45, 2.75) is 46.7 Å². The molecule has 0 bridgehead atoms. The lowest BCUT2D eigenvalue weighted by atomic mass is 10.1. The average molecular weight is 379 g/mol. The van der Waals surface area contributed by atoms with E-state index in [0.29, 0.717) is 23.6 Å². The van der Waals surface area contributed by atoms with Crippen LogP contribution in [0.5, 0.6) is 0 Å². The lowest BCUT2D eigenvalue weighted by molar-refractivity contribution is -0.116. The second-order valence-corrected chi connectivity index (χ2v) is 6.87. The third-order valence-electron chi connectivity index (χ3n) is 4.87. The summed E-state index contributed by atoms with van der Waals surface area (Å²) in [5.74, 6) is 0.516. The third kappa shape index (κ3) is 4.03. The van der Waals surface area contributed by atoms with Gasteiger partial charge in [-0.15, -0.1) is 0 Å². The first kappa shape index (κ1) is 19.5. The first-order valence-electron chi connectivity index (χ1n) is 9.31. The molecule has 1 N–H and O–H groups in total. The van der Waals surface area contributed by atoms with Crippen molar-refractivity contribution in [3.63, 3.8) is 0 Å². The van der Waals surface area contributed by atoms with Crippen molar-refractivity contribution in [1.82, 2.24) is 19.6 Å². The van der Waals surface area contributed by atoms with E-state index in [2.05, 4.69) is 15.5 Å². The van der Waals surface area contributed by atoms with Gasteiger partial charge in [-0.25, -0.2) is 4.68 Å². The summed E-state index contributed by atoms with van der Waals surface area (Å²) in [6.07, 6.45) is 1.93. The molecule has 28 heavy (non-hydrogen) atoms. The molecule has 2 aromatic heterocycles. The summed E-state index contributed by atoms with van der Waals surface area (Å²) in [7, 11) is 0. The number of nitrogens with one attached hydrogen (secondary N) is 1. The van der Waals surface area contributed by atoms with Crippen molar-refractivity contribution in [1.29, 1.82) is 0 Å². The molecular formula is C21H25N5O2. The maximum atomic E-state index is 12.5. The van der Waals surface area contributed by atoms with Crippen LogP contribution in [0.1, 0.15) is 53.6 Å². The quantitative estimate of drug-likeness (QED) is 0.637. The summed E-state index contributed by atoms with van der Waals surface area (Å²) in [4.78, 5) is 24.2. The lowest BCUT2D eigenvalue weighted by Crippen LogP contribution is -2.19. The normalized spacial score (nSPS) is 12.0. The van der Waals surface area contributed by atoms with Crippen molar-refractivity contribution in [2.24, 2.45) is 0 Å². The van der Waals surface area contributed by atoms with Gasteiger partial charge >= 0.3 is 0 Å². The van der Waals surface area contributed by atoms with E-state index in [1.54, 1.807) is 21.6 Å². The van der Waals surface area contributed by atoms with Gasteiger partial charge in [0.05, 0.1) is 23.5 Å². The smallest absolute Gasteiger partial charge is 0.227 e. The Labute approximate surface area is 164 Å². The first-order chi connectivity index (χ1) is 13.4. The van der Waals surface area contributed by atoms with E-state index in [1.165, 1.54) is 6.92 Å². The Kier molecular flexibility index (Phi) is 5.73. The molecule has 1 unspecified atom stereocenters. The number of hydrogen-bond donors (Lipinski definition) is 1. The molecule has 0 spiro atoms. The molecule has 146 valence electrons. The van der Waals surface area contributed by atoms with Gasteiger partial charge in [0, 0.05) is 24.7 Å². The number of aryl methyl sites for hydroxylation is 2. The third-order valence-corrected chi connectivity index (χ3v) is 4.87. The second kappa shape index (κ2) is 8.21. The highest BCUT2D eigenvalue weighted by Gasteiger charge is 2.17. The fourth-order valence-electron chi connectivity index (χ4n) is 3.43. The minimum absolute atomic E-state index is 0.000587. The van der Waals surface area contributed by atoms with E-state index < -0.39 is 0 Å². The topological polar surface area (TPSA) is 81.8 Å². The second-order valence-electron chi connectivity index (χ2n) is 6.87. The zero-order valence-corrected chi connectivity index (χ0v) is 16.6. The molecule has 1 aromatic carbocycles. The molecule has 1 atom stereocenters. The van der Waals surface area contributed by atoms with Crippen LogP contribution in [0, 0.1) is 13.8 Å². The Morgan fingerprint density at radius 2 is 1.86 bits per heavy atom. The number of amides is 1. The van der Waals surface area contributed by atoms with Gasteiger partial charge in [0.2, 0.25) is 5.91 Å². The monoisotopic (exact) mass is 379 g/mol. The molecule has 1 amide bonds. The Morgan fingerprint density at radius 3 is 2.50 bits per heavy atom. The van der Waals surface area contributed by atoms with Crippen LogP contribution in [-0.4, -0.2) is 31.3 Å². The van der Waals surface area contributed by atoms with Crippen molar-refractivity contribution >= 4 is 17.5 Å². The minimum atomic E-state index is -0.126. The van der Waals surface area contributed by atoms with Crippen molar-refractivity contribution in [2.75, 3.05) is 5.32 Å². The number of hydrogen-bond acceptors (Lipinski definition) is 4. The lowest BCUT2D eigenvalue weighted by Gasteiger charge is -2.16. The van der Waals surface area contributed by atoms with Crippen LogP contribution < -0.4 is 5.32 Å². The number of carbonyl (C=O) groups excluding carboxylic acids is 2.